The van der Waals surface area contributed by atoms with Crippen LogP contribution in [0.15, 0.2) is 53.2 Å². The van der Waals surface area contributed by atoms with Crippen LogP contribution in [0.4, 0.5) is 10.7 Å². The lowest BCUT2D eigenvalue weighted by Crippen LogP contribution is -2.46. The first-order valence-electron chi connectivity index (χ1n) is 13.3. The normalized spacial score (nSPS) is 14.5. The summed E-state index contributed by atoms with van der Waals surface area (Å²) in [4.78, 5) is 33.9. The fourth-order valence-corrected chi connectivity index (χ4v) is 4.75. The number of carbonyl (C=O) groups is 2. The van der Waals surface area contributed by atoms with Gasteiger partial charge < -0.3 is 19.2 Å². The number of rotatable bonds is 6. The van der Waals surface area contributed by atoms with Gasteiger partial charge in [-0.15, -0.1) is 0 Å². The maximum atomic E-state index is 13.9. The number of furan rings is 1. The number of aromatic nitrogens is 1. The van der Waals surface area contributed by atoms with Crippen molar-refractivity contribution in [2.24, 2.45) is 11.8 Å². The molecule has 0 radical (unpaired) electrons. The van der Waals surface area contributed by atoms with Gasteiger partial charge in [-0.2, -0.15) is 0 Å². The molecular weight excluding hydrogens is 518 g/mol. The van der Waals surface area contributed by atoms with Crippen LogP contribution in [0.25, 0.3) is 22.5 Å². The maximum absolute atomic E-state index is 13.9. The molecule has 1 N–H and O–H groups in total. The number of nitrogens with zero attached hydrogens (tertiary/aromatic N) is 3. The zero-order valence-electron chi connectivity index (χ0n) is 23.1. The zero-order chi connectivity index (χ0) is 28.3. The fraction of sp³-hybridized carbons (Fsp3) is 0.433. The van der Waals surface area contributed by atoms with E-state index in [9.17, 15) is 14.7 Å². The highest BCUT2D eigenvalue weighted by atomic mass is 35.5. The third-order valence-electron chi connectivity index (χ3n) is 6.49. The molecule has 0 bridgehead atoms. The molecule has 208 valence electrons. The van der Waals surface area contributed by atoms with E-state index >= 15 is 0 Å². The monoisotopic (exact) mass is 553 g/mol. The van der Waals surface area contributed by atoms with E-state index in [1.54, 1.807) is 34.3 Å². The van der Waals surface area contributed by atoms with Gasteiger partial charge in [0.2, 0.25) is 11.8 Å². The lowest BCUT2D eigenvalue weighted by Gasteiger charge is -2.34. The number of halogens is 1. The third kappa shape index (κ3) is 6.92. The number of hydrogen-bond donors (Lipinski definition) is 1. The second-order valence-corrected chi connectivity index (χ2v) is 11.7. The quantitative estimate of drug-likeness (QED) is 0.353. The van der Waals surface area contributed by atoms with Gasteiger partial charge in [0.1, 0.15) is 17.1 Å². The SMILES string of the molecule is CC(C)CN(C(=O)C1CCN(C(=O)OC(C)(C)C)CC1)c1cc(-c2ccc(Cl)c(O)c2)c(-c2ccncc2)o1. The first kappa shape index (κ1) is 28.5. The Labute approximate surface area is 234 Å². The van der Waals surface area contributed by atoms with Crippen LogP contribution in [0.2, 0.25) is 5.02 Å². The predicted octanol–water partition coefficient (Wildman–Crippen LogP) is 7.00. The topological polar surface area (TPSA) is 96.1 Å². The van der Waals surface area contributed by atoms with Gasteiger partial charge in [-0.1, -0.05) is 31.5 Å². The lowest BCUT2D eigenvalue weighted by molar-refractivity contribution is -0.124. The molecule has 4 rings (SSSR count). The van der Waals surface area contributed by atoms with Gasteiger partial charge in [0.15, 0.2) is 0 Å². The minimum atomic E-state index is -0.567. The number of ether oxygens (including phenoxy) is 1. The second kappa shape index (κ2) is 11.7. The summed E-state index contributed by atoms with van der Waals surface area (Å²) in [7, 11) is 0. The molecule has 0 spiro atoms. The second-order valence-electron chi connectivity index (χ2n) is 11.3. The molecule has 0 unspecified atom stereocenters. The number of phenols is 1. The van der Waals surface area contributed by atoms with E-state index in [2.05, 4.69) is 18.8 Å². The lowest BCUT2D eigenvalue weighted by atomic mass is 9.95. The van der Waals surface area contributed by atoms with Crippen LogP contribution >= 0.6 is 11.6 Å². The molecule has 0 atom stereocenters. The largest absolute Gasteiger partial charge is 0.506 e. The minimum Gasteiger partial charge on any atom is -0.506 e. The average molecular weight is 554 g/mol. The molecule has 0 saturated carbocycles. The van der Waals surface area contributed by atoms with Crippen molar-refractivity contribution in [2.75, 3.05) is 24.5 Å². The van der Waals surface area contributed by atoms with Gasteiger partial charge in [0, 0.05) is 55.1 Å². The number of carbonyl (C=O) groups excluding carboxylic acids is 2. The molecule has 1 aliphatic heterocycles. The predicted molar refractivity (Wildman–Crippen MR) is 152 cm³/mol. The van der Waals surface area contributed by atoms with Gasteiger partial charge in [-0.05, 0) is 69.4 Å². The van der Waals surface area contributed by atoms with Gasteiger partial charge in [0.25, 0.3) is 0 Å². The van der Waals surface area contributed by atoms with E-state index in [1.807, 2.05) is 45.0 Å². The van der Waals surface area contributed by atoms with Crippen molar-refractivity contribution in [3.05, 3.63) is 53.8 Å². The number of likely N-dealkylation sites (tertiary alicyclic amines) is 1. The Morgan fingerprint density at radius 2 is 1.79 bits per heavy atom. The first-order chi connectivity index (χ1) is 18.4. The third-order valence-corrected chi connectivity index (χ3v) is 6.81. The molecule has 39 heavy (non-hydrogen) atoms. The smallest absolute Gasteiger partial charge is 0.410 e. The number of pyridine rings is 1. The molecule has 1 saturated heterocycles. The summed E-state index contributed by atoms with van der Waals surface area (Å²) in [5.41, 5.74) is 1.66. The number of phenolic OH excluding ortho intramolecular Hbond substituents is 1. The summed E-state index contributed by atoms with van der Waals surface area (Å²) in [5, 5.41) is 10.5. The molecule has 1 aliphatic rings. The molecule has 0 aliphatic carbocycles. The van der Waals surface area contributed by atoms with Gasteiger partial charge >= 0.3 is 6.09 Å². The number of piperidine rings is 1. The molecule has 1 aromatic carbocycles. The Kier molecular flexibility index (Phi) is 8.54. The minimum absolute atomic E-state index is 0.0342. The van der Waals surface area contributed by atoms with Gasteiger partial charge in [-0.3, -0.25) is 14.7 Å². The van der Waals surface area contributed by atoms with Crippen molar-refractivity contribution < 1.29 is 23.8 Å². The van der Waals surface area contributed by atoms with Crippen molar-refractivity contribution >= 4 is 29.5 Å². The fourth-order valence-electron chi connectivity index (χ4n) is 4.63. The van der Waals surface area contributed by atoms with E-state index in [4.69, 9.17) is 20.8 Å². The van der Waals surface area contributed by atoms with Crippen molar-refractivity contribution in [1.29, 1.82) is 0 Å². The number of anilines is 1. The molecule has 2 amide bonds. The Balaban J connectivity index is 1.64. The standard InChI is InChI=1S/C30H36ClN3O5/c1-19(2)18-34(28(36)21-10-14-33(15-11-21)29(37)39-30(3,4)5)26-17-23(22-6-7-24(31)25(35)16-22)27(38-26)20-8-12-32-13-9-20/h6-9,12-13,16-17,19,21,35H,10-11,14-15,18H2,1-5H3. The Bertz CT molecular complexity index is 1310. The van der Waals surface area contributed by atoms with E-state index in [-0.39, 0.29) is 34.6 Å². The number of hydrogen-bond acceptors (Lipinski definition) is 6. The maximum Gasteiger partial charge on any atom is 0.410 e. The molecule has 3 heterocycles. The molecule has 1 fully saturated rings. The zero-order valence-corrected chi connectivity index (χ0v) is 23.9. The highest BCUT2D eigenvalue weighted by molar-refractivity contribution is 6.32. The number of benzene rings is 1. The Morgan fingerprint density at radius 1 is 1.13 bits per heavy atom. The number of aromatic hydroxyl groups is 1. The van der Waals surface area contributed by atoms with Crippen molar-refractivity contribution in [3.8, 4) is 28.2 Å². The van der Waals surface area contributed by atoms with E-state index in [1.165, 1.54) is 0 Å². The summed E-state index contributed by atoms with van der Waals surface area (Å²) in [6, 6.07) is 10.5. The molecule has 9 heteroatoms. The molecule has 3 aromatic rings. The average Bonchev–Trinajstić information content (AvgIpc) is 3.33. The first-order valence-corrected chi connectivity index (χ1v) is 13.6. The van der Waals surface area contributed by atoms with Crippen LogP contribution in [0.3, 0.4) is 0 Å². The van der Waals surface area contributed by atoms with Crippen molar-refractivity contribution in [3.63, 3.8) is 0 Å². The highest BCUT2D eigenvalue weighted by Gasteiger charge is 2.34. The Hall–Kier alpha value is -3.52. The van der Waals surface area contributed by atoms with Gasteiger partial charge in [0.05, 0.1) is 5.02 Å². The number of amides is 2. The van der Waals surface area contributed by atoms with Crippen LogP contribution in [0.5, 0.6) is 5.75 Å². The van der Waals surface area contributed by atoms with Crippen LogP contribution in [0, 0.1) is 11.8 Å². The van der Waals surface area contributed by atoms with E-state index in [0.29, 0.717) is 49.7 Å². The van der Waals surface area contributed by atoms with Crippen LogP contribution in [0.1, 0.15) is 47.5 Å². The highest BCUT2D eigenvalue weighted by Crippen LogP contribution is 2.41. The Morgan fingerprint density at radius 3 is 2.38 bits per heavy atom. The summed E-state index contributed by atoms with van der Waals surface area (Å²) in [6.45, 7) is 11.0. The van der Waals surface area contributed by atoms with Crippen molar-refractivity contribution in [2.45, 2.75) is 53.1 Å². The summed E-state index contributed by atoms with van der Waals surface area (Å²) in [6.07, 6.45) is 4.09. The van der Waals surface area contributed by atoms with Crippen LogP contribution in [-0.2, 0) is 9.53 Å². The van der Waals surface area contributed by atoms with Crippen LogP contribution < -0.4 is 4.90 Å². The van der Waals surface area contributed by atoms with Crippen LogP contribution in [-0.4, -0.2) is 52.2 Å². The summed E-state index contributed by atoms with van der Waals surface area (Å²) < 4.78 is 11.9. The van der Waals surface area contributed by atoms with Gasteiger partial charge in [-0.25, -0.2) is 4.79 Å². The molecular formula is C30H36ClN3O5. The van der Waals surface area contributed by atoms with E-state index < -0.39 is 5.60 Å². The summed E-state index contributed by atoms with van der Waals surface area (Å²) >= 11 is 6.06. The molecule has 2 aromatic heterocycles. The van der Waals surface area contributed by atoms with E-state index in [0.717, 1.165) is 11.1 Å². The molecule has 8 nitrogen and oxygen atoms in total. The van der Waals surface area contributed by atoms with Crippen molar-refractivity contribution in [1.82, 2.24) is 9.88 Å². The summed E-state index contributed by atoms with van der Waals surface area (Å²) in [5.74, 6) is 0.862.